The van der Waals surface area contributed by atoms with Crippen LogP contribution in [0.5, 0.6) is 0 Å². The minimum Gasteiger partial charge on any atom is -0.465 e. The number of carbonyl (C=O) groups excluding carboxylic acids is 8. The zero-order chi connectivity index (χ0) is 64.9. The smallest absolute Gasteiger partial charge is 0.465 e. The molecule has 2 N–H and O–H groups in total. The Balaban J connectivity index is -0.000000139. The van der Waals surface area contributed by atoms with E-state index in [1.807, 2.05) is 0 Å². The molecule has 2 rings (SSSR count). The normalized spacial score (nSPS) is 14.8. The topological polar surface area (TPSA) is 288 Å². The van der Waals surface area contributed by atoms with Crippen LogP contribution in [0, 0.1) is 22.7 Å². The van der Waals surface area contributed by atoms with E-state index in [2.05, 4.69) is 140 Å². The summed E-state index contributed by atoms with van der Waals surface area (Å²) in [5.74, 6) is -7.79. The monoisotopic (exact) mass is 1430 g/mol. The fourth-order valence-electron chi connectivity index (χ4n) is 7.51. The Morgan fingerprint density at radius 3 is 0.856 bits per heavy atom. The summed E-state index contributed by atoms with van der Waals surface area (Å²) in [4.78, 5) is 93.5. The van der Waals surface area contributed by atoms with E-state index < -0.39 is 139 Å². The van der Waals surface area contributed by atoms with Gasteiger partial charge in [0.25, 0.3) is 0 Å². The standard InChI is InChI=1S/C26H52O11Si4.C16H38O5Si4.C6H10O3.C4H2O3.8CH4/c1-25(2,19-20(22(29)34-21(19)28)26(3,4)24(31)33-17-15-27)23(30)32-16-14-18-41(35-38(5,6)7,36-39(8,9)10)37-40(11,12)13;1-15(2)16(17)18-13-12-14-25(19-22(3,4)5,20-23(6,7)8)21-24(9,10)11;1-5(2)6(8)9-4-3-7;5-3-1-2-4(6)7-3;;;;;;;;/h19-20,27H,14-18H2,1-13H3;1,12-14H2,2-11H3;7H,1,3-4H2,2H3;1-2H;8*1H4. The Hall–Kier alpha value is -3.20. The van der Waals surface area contributed by atoms with Crippen LogP contribution in [0.2, 0.25) is 130 Å². The van der Waals surface area contributed by atoms with Crippen LogP contribution in [0.25, 0.3) is 0 Å². The van der Waals surface area contributed by atoms with Crippen LogP contribution < -0.4 is 0 Å². The molecule has 0 aromatic rings. The highest BCUT2D eigenvalue weighted by molar-refractivity contribution is 6.91. The zero-order valence-electron chi connectivity index (χ0n) is 53.9. The predicted octanol–water partition coefficient (Wildman–Crippen LogP) is 14.1. The number of hydrogen-bond donors (Lipinski definition) is 2. The first kappa shape index (κ1) is 108. The van der Waals surface area contributed by atoms with Gasteiger partial charge in [0.15, 0.2) is 49.9 Å². The highest BCUT2D eigenvalue weighted by Crippen LogP contribution is 2.48. The third-order valence-electron chi connectivity index (χ3n) is 10.0. The third kappa shape index (κ3) is 46.0. The van der Waals surface area contributed by atoms with Crippen molar-refractivity contribution in [3.63, 3.8) is 0 Å². The van der Waals surface area contributed by atoms with Crippen LogP contribution in [0.4, 0.5) is 0 Å². The van der Waals surface area contributed by atoms with E-state index in [9.17, 15) is 38.4 Å². The molecule has 538 valence electrons. The van der Waals surface area contributed by atoms with Crippen molar-refractivity contribution in [3.8, 4) is 0 Å². The van der Waals surface area contributed by atoms with Crippen molar-refractivity contribution in [3.05, 3.63) is 36.5 Å². The van der Waals surface area contributed by atoms with Gasteiger partial charge in [-0.3, -0.25) is 19.2 Å². The molecule has 2 atom stereocenters. The third-order valence-corrected chi connectivity index (χ3v) is 34.1. The molecule has 30 heteroatoms. The van der Waals surface area contributed by atoms with Crippen LogP contribution >= 0.6 is 0 Å². The molecule has 0 radical (unpaired) electrons. The number of hydrogen-bond acceptors (Lipinski definition) is 22. The second kappa shape index (κ2) is 45.2. The number of ether oxygens (including phenoxy) is 6. The van der Waals surface area contributed by atoms with Crippen molar-refractivity contribution in [2.75, 3.05) is 39.6 Å². The number of carbonyl (C=O) groups is 8. The van der Waals surface area contributed by atoms with Crippen LogP contribution in [0.15, 0.2) is 36.5 Å². The molecule has 0 aromatic heterocycles. The molecule has 90 heavy (non-hydrogen) atoms. The van der Waals surface area contributed by atoms with Crippen molar-refractivity contribution in [1.82, 2.24) is 0 Å². The number of aliphatic hydroxyl groups is 2. The Labute approximate surface area is 556 Å². The lowest BCUT2D eigenvalue weighted by Gasteiger charge is -2.43. The number of cyclic esters (lactones) is 4. The Morgan fingerprint density at radius 1 is 0.422 bits per heavy atom. The molecule has 0 aliphatic carbocycles. The summed E-state index contributed by atoms with van der Waals surface area (Å²) in [6, 6.07) is 1.14. The second-order valence-electron chi connectivity index (χ2n) is 26.6. The lowest BCUT2D eigenvalue weighted by molar-refractivity contribution is -0.169. The quantitative estimate of drug-likeness (QED) is 0.0169. The largest absolute Gasteiger partial charge is 0.469 e. The van der Waals surface area contributed by atoms with Gasteiger partial charge in [0.1, 0.15) is 13.2 Å². The maximum absolute atomic E-state index is 13.4. The van der Waals surface area contributed by atoms with Crippen molar-refractivity contribution < 1.29 is 102 Å². The minimum absolute atomic E-state index is 0. The average molecular weight is 1430 g/mol. The summed E-state index contributed by atoms with van der Waals surface area (Å²) < 4.78 is 69.0. The molecule has 22 nitrogen and oxygen atoms in total. The SMILES string of the molecule is C.C.C.C.C.C.C.C.C=C(C)C(=O)OCCC[Si](O[Si](C)(C)C)(O[Si](C)(C)C)O[Si](C)(C)C.C=C(C)C(=O)OCCO.CC(C)(C(=O)OCCO)C1C(=O)OC(=O)C1C(C)(C)C(=O)OCCC[Si](O[Si](C)(C)C)(O[Si](C)(C)C)O[Si](C)(C)C.O=C1C=CC(=O)O1. The second-order valence-corrected chi connectivity index (χ2v) is 60.6. The van der Waals surface area contributed by atoms with Gasteiger partial charge in [-0.05, 0) is 172 Å². The van der Waals surface area contributed by atoms with E-state index in [1.54, 1.807) is 13.8 Å². The summed E-state index contributed by atoms with van der Waals surface area (Å²) in [5, 5.41) is 17.2. The summed E-state index contributed by atoms with van der Waals surface area (Å²) in [5.41, 5.74) is -2.22. The van der Waals surface area contributed by atoms with Crippen molar-refractivity contribution in [2.45, 2.75) is 244 Å². The van der Waals surface area contributed by atoms with Gasteiger partial charge >= 0.3 is 65.4 Å². The molecule has 1 fully saturated rings. The zero-order valence-corrected chi connectivity index (χ0v) is 61.9. The van der Waals surface area contributed by atoms with E-state index in [4.69, 9.17) is 53.9 Å². The van der Waals surface area contributed by atoms with Crippen LogP contribution in [0.3, 0.4) is 0 Å². The van der Waals surface area contributed by atoms with Crippen molar-refractivity contribution in [2.24, 2.45) is 22.7 Å². The van der Waals surface area contributed by atoms with Gasteiger partial charge < -0.3 is 63.3 Å². The molecule has 0 spiro atoms. The van der Waals surface area contributed by atoms with Crippen LogP contribution in [-0.2, 0) is 91.5 Å². The molecule has 2 aliphatic rings. The first-order chi connectivity index (χ1) is 36.7. The summed E-state index contributed by atoms with van der Waals surface area (Å²) >= 11 is 0. The van der Waals surface area contributed by atoms with E-state index in [0.717, 1.165) is 12.2 Å². The summed E-state index contributed by atoms with van der Waals surface area (Å²) in [7, 11) is -17.7. The molecule has 0 aromatic carbocycles. The fourth-order valence-corrected chi connectivity index (χ4v) is 36.8. The Kier molecular flexibility index (Phi) is 54.4. The van der Waals surface area contributed by atoms with Gasteiger partial charge in [0.05, 0.1) is 49.1 Å². The summed E-state index contributed by atoms with van der Waals surface area (Å²) in [6.45, 7) is 54.0. The average Bonchev–Trinajstić information content (AvgIpc) is 3.80. The van der Waals surface area contributed by atoms with Gasteiger partial charge in [-0.15, -0.1) is 0 Å². The van der Waals surface area contributed by atoms with Crippen molar-refractivity contribution in [1.29, 1.82) is 0 Å². The maximum Gasteiger partial charge on any atom is 0.469 e. The van der Waals surface area contributed by atoms with E-state index in [0.29, 0.717) is 42.7 Å². The molecule has 0 bridgehead atoms. The first-order valence-electron chi connectivity index (χ1n) is 27.3. The van der Waals surface area contributed by atoms with Crippen LogP contribution in [-0.4, -0.2) is 165 Å². The molecular formula is C60H134O22Si8. The van der Waals surface area contributed by atoms with Gasteiger partial charge in [0, 0.05) is 35.4 Å². The molecule has 1 saturated heterocycles. The summed E-state index contributed by atoms with van der Waals surface area (Å²) in [6.07, 6.45) is 3.26. The molecule has 0 saturated carbocycles. The van der Waals surface area contributed by atoms with Gasteiger partial charge in [-0.1, -0.05) is 72.6 Å². The molecule has 2 unspecified atom stereocenters. The first-order valence-corrected chi connectivity index (χ1v) is 51.6. The predicted molar refractivity (Wildman–Crippen MR) is 384 cm³/mol. The number of aliphatic hydroxyl groups excluding tert-OH is 2. The molecular weight excluding hydrogens is 1300 g/mol. The van der Waals surface area contributed by atoms with Crippen molar-refractivity contribution >= 4 is 115 Å². The van der Waals surface area contributed by atoms with Crippen LogP contribution in [0.1, 0.15) is 114 Å². The van der Waals surface area contributed by atoms with Gasteiger partial charge in [0.2, 0.25) is 0 Å². The van der Waals surface area contributed by atoms with E-state index >= 15 is 0 Å². The Bertz CT molecular complexity index is 2120. The Morgan fingerprint density at radius 2 is 0.644 bits per heavy atom. The number of esters is 8. The maximum atomic E-state index is 13.4. The fraction of sp³-hybridized carbons (Fsp3) is 0.767. The highest BCUT2D eigenvalue weighted by Gasteiger charge is 2.62. The minimum atomic E-state index is -3.12. The molecule has 2 heterocycles. The highest BCUT2D eigenvalue weighted by atomic mass is 28.5. The lowest BCUT2D eigenvalue weighted by Crippen LogP contribution is -2.60. The van der Waals surface area contributed by atoms with Gasteiger partial charge in [-0.25, -0.2) is 19.2 Å². The molecule has 0 amide bonds. The van der Waals surface area contributed by atoms with E-state index in [1.165, 1.54) is 27.7 Å². The molecule has 2 aliphatic heterocycles. The number of rotatable bonds is 30. The van der Waals surface area contributed by atoms with E-state index in [-0.39, 0.29) is 91.8 Å². The lowest BCUT2D eigenvalue weighted by atomic mass is 9.64. The van der Waals surface area contributed by atoms with Gasteiger partial charge in [-0.2, -0.15) is 0 Å².